The number of hydrogen-bond acceptors (Lipinski definition) is 5. The van der Waals surface area contributed by atoms with Gasteiger partial charge < -0.3 is 9.32 Å². The molecule has 57 heavy (non-hydrogen) atoms. The minimum atomic E-state index is 0.581. The maximum Gasteiger partial charge on any atom is 0.164 e. The SMILES string of the molecule is CC/C(=C\C=C(/C)c1ccccc1)N(c1ccc(-c2ccccc2)cc1)c1ccc(-c2nc(-c3ccccc3)nc(-c3ccccc3)n2)c2c1oc1ccccc12. The van der Waals surface area contributed by atoms with Crippen LogP contribution in [0.2, 0.25) is 0 Å². The lowest BCUT2D eigenvalue weighted by atomic mass is 10.0. The normalized spacial score (nSPS) is 12.0. The monoisotopic (exact) mass is 736 g/mol. The molecule has 0 amide bonds. The Bertz CT molecular complexity index is 2810. The van der Waals surface area contributed by atoms with Crippen LogP contribution in [0.25, 0.3) is 72.8 Å². The highest BCUT2D eigenvalue weighted by molar-refractivity contribution is 6.16. The number of benzene rings is 7. The van der Waals surface area contributed by atoms with Gasteiger partial charge in [0.25, 0.3) is 0 Å². The number of para-hydroxylation sites is 1. The molecule has 274 valence electrons. The van der Waals surface area contributed by atoms with E-state index in [-0.39, 0.29) is 0 Å². The van der Waals surface area contributed by atoms with Gasteiger partial charge in [0.1, 0.15) is 5.58 Å². The molecule has 5 nitrogen and oxygen atoms in total. The number of rotatable bonds is 10. The molecule has 5 heteroatoms. The summed E-state index contributed by atoms with van der Waals surface area (Å²) in [5.74, 6) is 1.81. The molecule has 0 fully saturated rings. The van der Waals surface area contributed by atoms with Gasteiger partial charge in [0.2, 0.25) is 0 Å². The van der Waals surface area contributed by atoms with Crippen LogP contribution in [0.1, 0.15) is 25.8 Å². The van der Waals surface area contributed by atoms with E-state index in [9.17, 15) is 0 Å². The fourth-order valence-corrected chi connectivity index (χ4v) is 7.37. The molecule has 9 aromatic rings. The topological polar surface area (TPSA) is 55.1 Å². The third-order valence-corrected chi connectivity index (χ3v) is 10.3. The summed E-state index contributed by atoms with van der Waals surface area (Å²) in [4.78, 5) is 17.6. The van der Waals surface area contributed by atoms with Crippen LogP contribution < -0.4 is 4.90 Å². The van der Waals surface area contributed by atoms with E-state index in [0.717, 1.165) is 67.7 Å². The van der Waals surface area contributed by atoms with Gasteiger partial charge in [-0.15, -0.1) is 0 Å². The van der Waals surface area contributed by atoms with Crippen molar-refractivity contribution in [1.29, 1.82) is 0 Å². The van der Waals surface area contributed by atoms with Gasteiger partial charge in [-0.1, -0.05) is 165 Å². The zero-order valence-electron chi connectivity index (χ0n) is 31.9. The summed E-state index contributed by atoms with van der Waals surface area (Å²) in [6.07, 6.45) is 5.22. The summed E-state index contributed by atoms with van der Waals surface area (Å²) < 4.78 is 6.91. The predicted molar refractivity (Wildman–Crippen MR) is 236 cm³/mol. The van der Waals surface area contributed by atoms with E-state index >= 15 is 0 Å². The average molecular weight is 737 g/mol. The molecule has 7 aromatic carbocycles. The van der Waals surface area contributed by atoms with E-state index in [4.69, 9.17) is 19.4 Å². The minimum Gasteiger partial charge on any atom is -0.454 e. The van der Waals surface area contributed by atoms with Gasteiger partial charge in [-0.3, -0.25) is 0 Å². The van der Waals surface area contributed by atoms with Crippen molar-refractivity contribution in [2.24, 2.45) is 0 Å². The highest BCUT2D eigenvalue weighted by Crippen LogP contribution is 2.45. The molecule has 0 saturated carbocycles. The van der Waals surface area contributed by atoms with Crippen LogP contribution in [0.5, 0.6) is 0 Å². The van der Waals surface area contributed by atoms with Gasteiger partial charge in [0.15, 0.2) is 23.1 Å². The van der Waals surface area contributed by atoms with Crippen LogP contribution in [0.15, 0.2) is 204 Å². The van der Waals surface area contributed by atoms with Crippen LogP contribution in [0, 0.1) is 0 Å². The lowest BCUT2D eigenvalue weighted by molar-refractivity contribution is 0.668. The number of hydrogen-bond donors (Lipinski definition) is 0. The Balaban J connectivity index is 1.27. The maximum absolute atomic E-state index is 6.91. The highest BCUT2D eigenvalue weighted by atomic mass is 16.3. The van der Waals surface area contributed by atoms with Crippen LogP contribution in [-0.2, 0) is 0 Å². The first-order valence-electron chi connectivity index (χ1n) is 19.3. The van der Waals surface area contributed by atoms with Crippen molar-refractivity contribution in [3.63, 3.8) is 0 Å². The van der Waals surface area contributed by atoms with E-state index in [2.05, 4.69) is 134 Å². The van der Waals surface area contributed by atoms with E-state index in [1.807, 2.05) is 78.9 Å². The molecule has 9 rings (SSSR count). The number of anilines is 2. The highest BCUT2D eigenvalue weighted by Gasteiger charge is 2.24. The lowest BCUT2D eigenvalue weighted by Crippen LogP contribution is -2.16. The van der Waals surface area contributed by atoms with E-state index in [1.165, 1.54) is 16.7 Å². The molecule has 0 aliphatic carbocycles. The fourth-order valence-electron chi connectivity index (χ4n) is 7.37. The Morgan fingerprint density at radius 1 is 0.526 bits per heavy atom. The minimum absolute atomic E-state index is 0.581. The van der Waals surface area contributed by atoms with Crippen molar-refractivity contribution < 1.29 is 4.42 Å². The zero-order chi connectivity index (χ0) is 38.6. The van der Waals surface area contributed by atoms with Crippen molar-refractivity contribution in [1.82, 2.24) is 15.0 Å². The molecule has 0 unspecified atom stereocenters. The zero-order valence-corrected chi connectivity index (χ0v) is 31.9. The molecular formula is C52H40N4O. The van der Waals surface area contributed by atoms with Crippen molar-refractivity contribution in [3.8, 4) is 45.3 Å². The number of furan rings is 1. The van der Waals surface area contributed by atoms with E-state index in [1.54, 1.807) is 0 Å². The molecule has 0 spiro atoms. The number of fused-ring (bicyclic) bond motifs is 3. The summed E-state index contributed by atoms with van der Waals surface area (Å²) in [5.41, 5.74) is 12.0. The van der Waals surface area contributed by atoms with Crippen molar-refractivity contribution in [2.75, 3.05) is 4.90 Å². The summed E-state index contributed by atoms with van der Waals surface area (Å²) >= 11 is 0. The Hall–Kier alpha value is -7.37. The van der Waals surface area contributed by atoms with Gasteiger partial charge in [-0.05, 0) is 72.0 Å². The molecule has 0 N–H and O–H groups in total. The molecular weight excluding hydrogens is 697 g/mol. The lowest BCUT2D eigenvalue weighted by Gasteiger charge is -2.28. The second-order valence-corrected chi connectivity index (χ2v) is 13.9. The van der Waals surface area contributed by atoms with Crippen molar-refractivity contribution >= 4 is 38.9 Å². The van der Waals surface area contributed by atoms with Crippen molar-refractivity contribution in [2.45, 2.75) is 20.3 Å². The standard InChI is InChI=1S/C52H40N4O/c1-3-42(31-28-36(2)37-18-8-4-9-19-37)56(43-32-29-39(30-33-43)38-20-10-5-11-21-38)46-35-34-45(48-44-26-16-17-27-47(44)57-49(46)48)52-54-50(40-22-12-6-13-23-40)53-51(55-52)41-24-14-7-15-25-41/h4-35H,3H2,1-2H3/b36-28+,42-31+. The number of allylic oxidation sites excluding steroid dienone is 4. The smallest absolute Gasteiger partial charge is 0.164 e. The Morgan fingerprint density at radius 3 is 1.67 bits per heavy atom. The van der Waals surface area contributed by atoms with Gasteiger partial charge in [0, 0.05) is 38.8 Å². The molecule has 2 aromatic heterocycles. The first kappa shape index (κ1) is 35.3. The molecule has 0 aliphatic heterocycles. The van der Waals surface area contributed by atoms with Gasteiger partial charge in [-0.25, -0.2) is 15.0 Å². The second kappa shape index (κ2) is 15.8. The largest absolute Gasteiger partial charge is 0.454 e. The van der Waals surface area contributed by atoms with E-state index in [0.29, 0.717) is 17.5 Å². The third-order valence-electron chi connectivity index (χ3n) is 10.3. The van der Waals surface area contributed by atoms with E-state index < -0.39 is 0 Å². The van der Waals surface area contributed by atoms with Gasteiger partial charge in [-0.2, -0.15) is 0 Å². The fraction of sp³-hybridized carbons (Fsp3) is 0.0577. The van der Waals surface area contributed by atoms with Crippen LogP contribution in [-0.4, -0.2) is 15.0 Å². The predicted octanol–water partition coefficient (Wildman–Crippen LogP) is 14.0. The van der Waals surface area contributed by atoms with Gasteiger partial charge >= 0.3 is 0 Å². The number of nitrogens with zero attached hydrogens (tertiary/aromatic N) is 4. The molecule has 0 saturated heterocycles. The summed E-state index contributed by atoms with van der Waals surface area (Å²) in [6.45, 7) is 4.36. The van der Waals surface area contributed by atoms with Crippen LogP contribution in [0.3, 0.4) is 0 Å². The summed E-state index contributed by atoms with van der Waals surface area (Å²) in [7, 11) is 0. The first-order chi connectivity index (χ1) is 28.1. The maximum atomic E-state index is 6.91. The Kier molecular flexibility index (Phi) is 9.78. The molecule has 0 aliphatic rings. The summed E-state index contributed by atoms with van der Waals surface area (Å²) in [5, 5.41) is 1.94. The first-order valence-corrected chi connectivity index (χ1v) is 19.3. The average Bonchev–Trinajstić information content (AvgIpc) is 3.69. The summed E-state index contributed by atoms with van der Waals surface area (Å²) in [6, 6.07) is 62.5. The van der Waals surface area contributed by atoms with Crippen LogP contribution >= 0.6 is 0 Å². The number of aromatic nitrogens is 3. The Labute approximate surface area is 333 Å². The molecule has 0 bridgehead atoms. The Morgan fingerprint density at radius 2 is 1.05 bits per heavy atom. The third kappa shape index (κ3) is 7.15. The molecule has 2 heterocycles. The molecule has 0 radical (unpaired) electrons. The quantitative estimate of drug-likeness (QED) is 0.131. The van der Waals surface area contributed by atoms with Crippen molar-refractivity contribution in [3.05, 3.63) is 205 Å². The van der Waals surface area contributed by atoms with Crippen LogP contribution in [0.4, 0.5) is 11.4 Å². The second-order valence-electron chi connectivity index (χ2n) is 13.9. The molecule has 0 atom stereocenters. The van der Waals surface area contributed by atoms with Gasteiger partial charge in [0.05, 0.1) is 5.69 Å².